The largest absolute Gasteiger partial charge is 0.321 e. The van der Waals surface area contributed by atoms with Gasteiger partial charge < -0.3 is 5.32 Å². The summed E-state index contributed by atoms with van der Waals surface area (Å²) in [5, 5.41) is 2.89. The molecule has 88 valence electrons. The van der Waals surface area contributed by atoms with Gasteiger partial charge in [-0.15, -0.1) is 11.3 Å². The minimum Gasteiger partial charge on any atom is -0.321 e. The van der Waals surface area contributed by atoms with E-state index in [1.165, 1.54) is 22.5 Å². The molecule has 0 unspecified atom stereocenters. The predicted octanol–water partition coefficient (Wildman–Crippen LogP) is 4.38. The number of aryl methyl sites for hydroxylation is 2. The maximum atomic E-state index is 11.9. The maximum absolute atomic E-state index is 11.9. The van der Waals surface area contributed by atoms with E-state index in [1.54, 1.807) is 0 Å². The number of carbonyl (C=O) groups is 1. The van der Waals surface area contributed by atoms with Gasteiger partial charge in [0, 0.05) is 5.69 Å². The van der Waals surface area contributed by atoms with Crippen molar-refractivity contribution in [2.24, 2.45) is 0 Å². The van der Waals surface area contributed by atoms with Gasteiger partial charge in [-0.1, -0.05) is 6.07 Å². The summed E-state index contributed by atoms with van der Waals surface area (Å²) in [5.41, 5.74) is 3.24. The summed E-state index contributed by atoms with van der Waals surface area (Å²) in [4.78, 5) is 12.6. The Kier molecular flexibility index (Phi) is 3.64. The first-order valence-corrected chi connectivity index (χ1v) is 6.81. The Labute approximate surface area is 113 Å². The number of hydrogen-bond acceptors (Lipinski definition) is 2. The van der Waals surface area contributed by atoms with Crippen LogP contribution in [-0.2, 0) is 0 Å². The van der Waals surface area contributed by atoms with Crippen LogP contribution in [0.1, 0.15) is 20.8 Å². The van der Waals surface area contributed by atoms with Crippen LogP contribution in [0.5, 0.6) is 0 Å². The standard InChI is InChI=1S/C13H12BrNOS/c1-8-3-4-10(7-9(8)2)15-13(16)11-5-6-12(14)17-11/h3-7H,1-2H3,(H,15,16). The second-order valence-corrected chi connectivity index (χ2v) is 6.32. The highest BCUT2D eigenvalue weighted by Gasteiger charge is 2.08. The summed E-state index contributed by atoms with van der Waals surface area (Å²) < 4.78 is 0.961. The summed E-state index contributed by atoms with van der Waals surface area (Å²) >= 11 is 4.77. The molecule has 0 fully saturated rings. The van der Waals surface area contributed by atoms with Crippen molar-refractivity contribution < 1.29 is 4.79 Å². The number of halogens is 1. The van der Waals surface area contributed by atoms with Crippen molar-refractivity contribution >= 4 is 38.9 Å². The maximum Gasteiger partial charge on any atom is 0.265 e. The normalized spacial score (nSPS) is 10.3. The fraction of sp³-hybridized carbons (Fsp3) is 0.154. The lowest BCUT2D eigenvalue weighted by Crippen LogP contribution is -2.10. The van der Waals surface area contributed by atoms with Crippen LogP contribution in [0.3, 0.4) is 0 Å². The minimum absolute atomic E-state index is 0.0658. The number of nitrogens with one attached hydrogen (secondary N) is 1. The lowest BCUT2D eigenvalue weighted by Gasteiger charge is -2.06. The van der Waals surface area contributed by atoms with Crippen molar-refractivity contribution in [3.63, 3.8) is 0 Å². The van der Waals surface area contributed by atoms with Gasteiger partial charge >= 0.3 is 0 Å². The first-order chi connectivity index (χ1) is 8.06. The molecule has 0 saturated heterocycles. The first-order valence-electron chi connectivity index (χ1n) is 5.20. The molecule has 1 aromatic heterocycles. The number of anilines is 1. The molecule has 1 aromatic carbocycles. The summed E-state index contributed by atoms with van der Waals surface area (Å²) in [5.74, 6) is -0.0658. The van der Waals surface area contributed by atoms with Gasteiger partial charge in [-0.3, -0.25) is 4.79 Å². The van der Waals surface area contributed by atoms with Crippen LogP contribution in [0.2, 0.25) is 0 Å². The molecule has 2 rings (SSSR count). The van der Waals surface area contributed by atoms with Crippen molar-refractivity contribution in [2.75, 3.05) is 5.32 Å². The molecule has 2 aromatic rings. The van der Waals surface area contributed by atoms with Gasteiger partial charge in [0.2, 0.25) is 0 Å². The van der Waals surface area contributed by atoms with Crippen molar-refractivity contribution in [2.45, 2.75) is 13.8 Å². The molecule has 4 heteroatoms. The number of benzene rings is 1. The van der Waals surface area contributed by atoms with Crippen molar-refractivity contribution in [3.8, 4) is 0 Å². The van der Waals surface area contributed by atoms with E-state index in [1.807, 2.05) is 37.3 Å². The molecular weight excluding hydrogens is 298 g/mol. The van der Waals surface area contributed by atoms with E-state index in [9.17, 15) is 4.79 Å². The van der Waals surface area contributed by atoms with E-state index in [4.69, 9.17) is 0 Å². The highest BCUT2D eigenvalue weighted by atomic mass is 79.9. The number of hydrogen-bond donors (Lipinski definition) is 1. The summed E-state index contributed by atoms with van der Waals surface area (Å²) in [7, 11) is 0. The number of rotatable bonds is 2. The summed E-state index contributed by atoms with van der Waals surface area (Å²) in [6, 6.07) is 9.60. The van der Waals surface area contributed by atoms with Crippen molar-refractivity contribution in [1.82, 2.24) is 0 Å². The molecule has 0 atom stereocenters. The van der Waals surface area contributed by atoms with Crippen LogP contribution < -0.4 is 5.32 Å². The minimum atomic E-state index is -0.0658. The van der Waals surface area contributed by atoms with Gasteiger partial charge in [-0.2, -0.15) is 0 Å². The molecule has 1 heterocycles. The Morgan fingerprint density at radius 1 is 1.18 bits per heavy atom. The lowest BCUT2D eigenvalue weighted by molar-refractivity contribution is 0.103. The van der Waals surface area contributed by atoms with Crippen LogP contribution in [0.15, 0.2) is 34.1 Å². The summed E-state index contributed by atoms with van der Waals surface area (Å²) in [6.07, 6.45) is 0. The van der Waals surface area contributed by atoms with Gasteiger partial charge in [0.15, 0.2) is 0 Å². The van der Waals surface area contributed by atoms with E-state index in [-0.39, 0.29) is 5.91 Å². The zero-order valence-electron chi connectivity index (χ0n) is 9.58. The average Bonchev–Trinajstić information content (AvgIpc) is 2.70. The van der Waals surface area contributed by atoms with E-state index in [2.05, 4.69) is 28.2 Å². The van der Waals surface area contributed by atoms with Crippen LogP contribution >= 0.6 is 27.3 Å². The quantitative estimate of drug-likeness (QED) is 0.876. The second kappa shape index (κ2) is 5.02. The molecule has 0 aliphatic carbocycles. The third kappa shape index (κ3) is 2.96. The Balaban J connectivity index is 2.15. The molecule has 17 heavy (non-hydrogen) atoms. The van der Waals surface area contributed by atoms with E-state index in [0.29, 0.717) is 4.88 Å². The fourth-order valence-corrected chi connectivity index (χ4v) is 2.73. The second-order valence-electron chi connectivity index (χ2n) is 3.86. The highest BCUT2D eigenvalue weighted by molar-refractivity contribution is 9.11. The van der Waals surface area contributed by atoms with Gasteiger partial charge in [0.25, 0.3) is 5.91 Å². The molecule has 1 N–H and O–H groups in total. The molecule has 0 bridgehead atoms. The Morgan fingerprint density at radius 3 is 2.53 bits per heavy atom. The first kappa shape index (κ1) is 12.3. The summed E-state index contributed by atoms with van der Waals surface area (Å²) in [6.45, 7) is 4.09. The molecular formula is C13H12BrNOS. The van der Waals surface area contributed by atoms with E-state index >= 15 is 0 Å². The molecule has 0 spiro atoms. The average molecular weight is 310 g/mol. The Bertz CT molecular complexity index is 562. The molecule has 0 saturated carbocycles. The van der Waals surface area contributed by atoms with Gasteiger partial charge in [-0.05, 0) is 65.2 Å². The topological polar surface area (TPSA) is 29.1 Å². The monoisotopic (exact) mass is 309 g/mol. The molecule has 1 amide bonds. The van der Waals surface area contributed by atoms with Gasteiger partial charge in [0.1, 0.15) is 0 Å². The van der Waals surface area contributed by atoms with Gasteiger partial charge in [0.05, 0.1) is 8.66 Å². The molecule has 0 aliphatic heterocycles. The van der Waals surface area contributed by atoms with Crippen LogP contribution in [0.25, 0.3) is 0 Å². The van der Waals surface area contributed by atoms with E-state index < -0.39 is 0 Å². The fourth-order valence-electron chi connectivity index (χ4n) is 1.45. The van der Waals surface area contributed by atoms with E-state index in [0.717, 1.165) is 9.47 Å². The Morgan fingerprint density at radius 2 is 1.94 bits per heavy atom. The molecule has 0 radical (unpaired) electrons. The SMILES string of the molecule is Cc1ccc(NC(=O)c2ccc(Br)s2)cc1C. The van der Waals surface area contributed by atoms with Crippen LogP contribution in [-0.4, -0.2) is 5.91 Å². The predicted molar refractivity (Wildman–Crippen MR) is 75.9 cm³/mol. The lowest BCUT2D eigenvalue weighted by atomic mass is 10.1. The van der Waals surface area contributed by atoms with Crippen molar-refractivity contribution in [3.05, 3.63) is 50.1 Å². The zero-order chi connectivity index (χ0) is 12.4. The zero-order valence-corrected chi connectivity index (χ0v) is 12.0. The van der Waals surface area contributed by atoms with Crippen molar-refractivity contribution in [1.29, 1.82) is 0 Å². The number of carbonyl (C=O) groups excluding carboxylic acids is 1. The smallest absolute Gasteiger partial charge is 0.265 e. The third-order valence-corrected chi connectivity index (χ3v) is 4.18. The highest BCUT2D eigenvalue weighted by Crippen LogP contribution is 2.23. The third-order valence-electron chi connectivity index (χ3n) is 2.56. The van der Waals surface area contributed by atoms with Crippen LogP contribution in [0.4, 0.5) is 5.69 Å². The van der Waals surface area contributed by atoms with Crippen LogP contribution in [0, 0.1) is 13.8 Å². The molecule has 2 nitrogen and oxygen atoms in total. The Hall–Kier alpha value is -1.13. The number of thiophene rings is 1. The van der Waals surface area contributed by atoms with Gasteiger partial charge in [-0.25, -0.2) is 0 Å². The number of amides is 1. The molecule has 0 aliphatic rings.